The van der Waals surface area contributed by atoms with Crippen LogP contribution >= 0.6 is 11.3 Å². The number of rotatable bonds is 6. The summed E-state index contributed by atoms with van der Waals surface area (Å²) < 4.78 is 14.5. The highest BCUT2D eigenvalue weighted by molar-refractivity contribution is 7.15. The molecule has 1 atom stereocenters. The number of hydrogen-bond donors (Lipinski definition) is 0. The summed E-state index contributed by atoms with van der Waals surface area (Å²) in [5, 5.41) is 9.32. The standard InChI is InChI=1S/C32H25N5O4S/c1-19-14-22-16-21(10-13-27(22)41-19)29-23(18-36(35-29)24-6-4-3-5-7-24)17-28-31(39)37-32(42-28)33-30(38)26(34-37)15-20-8-11-25(40-2)12-9-20/h3-13,16-19H,14-15H2,1-2H3/b28-17-. The number of para-hydroxylation sites is 1. The SMILES string of the molecule is COc1ccc(Cc2nn3c(=O)/c(=C/c4cn(-c5ccccc5)nc4-c4ccc5c(c4)CC(C)O5)sc3nc2=O)cc1. The van der Waals surface area contributed by atoms with Crippen molar-refractivity contribution in [1.82, 2.24) is 24.4 Å². The van der Waals surface area contributed by atoms with E-state index in [1.54, 1.807) is 17.9 Å². The van der Waals surface area contributed by atoms with Crippen LogP contribution in [0.1, 0.15) is 29.3 Å². The van der Waals surface area contributed by atoms with Crippen LogP contribution in [0.15, 0.2) is 88.6 Å². The van der Waals surface area contributed by atoms with E-state index >= 15 is 0 Å². The molecule has 0 saturated carbocycles. The topological polar surface area (TPSA) is 101 Å². The monoisotopic (exact) mass is 575 g/mol. The highest BCUT2D eigenvalue weighted by Gasteiger charge is 2.21. The molecule has 3 aromatic heterocycles. The summed E-state index contributed by atoms with van der Waals surface area (Å²) in [5.41, 5.74) is 4.71. The molecule has 0 aliphatic carbocycles. The number of methoxy groups -OCH3 is 1. The summed E-state index contributed by atoms with van der Waals surface area (Å²) in [4.78, 5) is 30.8. The summed E-state index contributed by atoms with van der Waals surface area (Å²) in [5.74, 6) is 1.60. The first-order valence-electron chi connectivity index (χ1n) is 13.5. The van der Waals surface area contributed by atoms with Crippen molar-refractivity contribution in [3.8, 4) is 28.4 Å². The van der Waals surface area contributed by atoms with Gasteiger partial charge >= 0.3 is 0 Å². The predicted molar refractivity (Wildman–Crippen MR) is 161 cm³/mol. The van der Waals surface area contributed by atoms with Gasteiger partial charge in [-0.25, -0.2) is 4.68 Å². The third kappa shape index (κ3) is 4.75. The van der Waals surface area contributed by atoms with Gasteiger partial charge in [0.15, 0.2) is 0 Å². The molecule has 0 spiro atoms. The maximum Gasteiger partial charge on any atom is 0.296 e. The summed E-state index contributed by atoms with van der Waals surface area (Å²) in [6, 6.07) is 23.2. The predicted octanol–water partition coefficient (Wildman–Crippen LogP) is 3.83. The van der Waals surface area contributed by atoms with Crippen molar-refractivity contribution in [3.05, 3.63) is 127 Å². The van der Waals surface area contributed by atoms with E-state index in [4.69, 9.17) is 14.6 Å². The Morgan fingerprint density at radius 2 is 1.86 bits per heavy atom. The maximum atomic E-state index is 13.5. The van der Waals surface area contributed by atoms with Crippen molar-refractivity contribution in [3.63, 3.8) is 0 Å². The molecule has 7 rings (SSSR count). The Labute approximate surface area is 243 Å². The van der Waals surface area contributed by atoms with E-state index < -0.39 is 5.56 Å². The van der Waals surface area contributed by atoms with Gasteiger partial charge in [-0.2, -0.15) is 19.7 Å². The van der Waals surface area contributed by atoms with Gasteiger partial charge in [0.1, 0.15) is 29.0 Å². The molecule has 1 aliphatic heterocycles. The molecule has 0 N–H and O–H groups in total. The van der Waals surface area contributed by atoms with Gasteiger partial charge in [0.05, 0.1) is 17.3 Å². The molecule has 3 aromatic carbocycles. The molecule has 0 saturated heterocycles. The van der Waals surface area contributed by atoms with Crippen LogP contribution in [-0.4, -0.2) is 37.6 Å². The van der Waals surface area contributed by atoms with Crippen molar-refractivity contribution in [2.45, 2.75) is 25.9 Å². The van der Waals surface area contributed by atoms with Crippen LogP contribution in [0.5, 0.6) is 11.5 Å². The maximum absolute atomic E-state index is 13.5. The number of ether oxygens (including phenoxy) is 2. The smallest absolute Gasteiger partial charge is 0.296 e. The minimum Gasteiger partial charge on any atom is -0.497 e. The van der Waals surface area contributed by atoms with Crippen LogP contribution in [0.2, 0.25) is 0 Å². The zero-order chi connectivity index (χ0) is 28.8. The number of thiazole rings is 1. The summed E-state index contributed by atoms with van der Waals surface area (Å²) in [6.45, 7) is 2.05. The molecule has 0 amide bonds. The van der Waals surface area contributed by atoms with Gasteiger partial charge < -0.3 is 9.47 Å². The lowest BCUT2D eigenvalue weighted by Gasteiger charge is -2.04. The van der Waals surface area contributed by atoms with Crippen LogP contribution in [0.25, 0.3) is 28.0 Å². The highest BCUT2D eigenvalue weighted by atomic mass is 32.1. The first kappa shape index (κ1) is 25.8. The molecule has 6 aromatic rings. The molecule has 0 fully saturated rings. The molecular formula is C32H25N5O4S. The number of nitrogens with zero attached hydrogens (tertiary/aromatic N) is 5. The first-order chi connectivity index (χ1) is 20.4. The number of benzene rings is 3. The van der Waals surface area contributed by atoms with Crippen molar-refractivity contribution >= 4 is 22.4 Å². The Hall–Kier alpha value is -5.09. The second kappa shape index (κ2) is 10.4. The van der Waals surface area contributed by atoms with Gasteiger partial charge in [0, 0.05) is 30.2 Å². The van der Waals surface area contributed by atoms with Crippen LogP contribution < -0.4 is 25.1 Å². The van der Waals surface area contributed by atoms with Gasteiger partial charge in [0.25, 0.3) is 11.1 Å². The van der Waals surface area contributed by atoms with Crippen LogP contribution in [0.3, 0.4) is 0 Å². The third-order valence-electron chi connectivity index (χ3n) is 7.20. The van der Waals surface area contributed by atoms with Crippen LogP contribution in [-0.2, 0) is 12.8 Å². The zero-order valence-electron chi connectivity index (χ0n) is 22.9. The molecule has 1 aliphatic rings. The average molecular weight is 576 g/mol. The largest absolute Gasteiger partial charge is 0.497 e. The van der Waals surface area contributed by atoms with E-state index in [1.807, 2.05) is 72.9 Å². The fraction of sp³-hybridized carbons (Fsp3) is 0.156. The Morgan fingerprint density at radius 3 is 2.64 bits per heavy atom. The molecular weight excluding hydrogens is 550 g/mol. The quantitative estimate of drug-likeness (QED) is 0.298. The van der Waals surface area contributed by atoms with Gasteiger partial charge in [-0.3, -0.25) is 9.59 Å². The highest BCUT2D eigenvalue weighted by Crippen LogP contribution is 2.34. The van der Waals surface area contributed by atoms with Gasteiger partial charge in [-0.15, -0.1) is 0 Å². The molecule has 9 nitrogen and oxygen atoms in total. The Balaban J connectivity index is 1.33. The fourth-order valence-electron chi connectivity index (χ4n) is 5.13. The molecule has 42 heavy (non-hydrogen) atoms. The Kier molecular flexibility index (Phi) is 6.39. The molecule has 1 unspecified atom stereocenters. The molecule has 0 radical (unpaired) electrons. The zero-order valence-corrected chi connectivity index (χ0v) is 23.7. The van der Waals surface area contributed by atoms with E-state index in [9.17, 15) is 9.59 Å². The minimum absolute atomic E-state index is 0.127. The fourth-order valence-corrected chi connectivity index (χ4v) is 6.02. The molecule has 208 valence electrons. The molecule has 10 heteroatoms. The summed E-state index contributed by atoms with van der Waals surface area (Å²) in [7, 11) is 1.60. The van der Waals surface area contributed by atoms with Gasteiger partial charge in [-0.1, -0.05) is 41.7 Å². The van der Waals surface area contributed by atoms with Gasteiger partial charge in [0.2, 0.25) is 4.96 Å². The van der Waals surface area contributed by atoms with E-state index in [2.05, 4.69) is 23.1 Å². The van der Waals surface area contributed by atoms with Crippen molar-refractivity contribution in [1.29, 1.82) is 0 Å². The van der Waals surface area contributed by atoms with E-state index in [-0.39, 0.29) is 28.7 Å². The van der Waals surface area contributed by atoms with E-state index in [1.165, 1.54) is 4.52 Å². The van der Waals surface area contributed by atoms with Crippen molar-refractivity contribution < 1.29 is 9.47 Å². The normalized spacial score (nSPS) is 14.7. The molecule has 0 bridgehead atoms. The second-order valence-corrected chi connectivity index (χ2v) is 11.2. The van der Waals surface area contributed by atoms with Crippen molar-refractivity contribution in [2.75, 3.05) is 7.11 Å². The number of fused-ring (bicyclic) bond motifs is 2. The van der Waals surface area contributed by atoms with Crippen LogP contribution in [0.4, 0.5) is 0 Å². The number of aromatic nitrogens is 5. The summed E-state index contributed by atoms with van der Waals surface area (Å²) >= 11 is 1.13. The lowest BCUT2D eigenvalue weighted by Crippen LogP contribution is -2.28. The number of hydrogen-bond acceptors (Lipinski definition) is 8. The van der Waals surface area contributed by atoms with Crippen LogP contribution in [0, 0.1) is 0 Å². The second-order valence-electron chi connectivity index (χ2n) is 10.2. The van der Waals surface area contributed by atoms with Gasteiger partial charge in [-0.05, 0) is 66.6 Å². The van der Waals surface area contributed by atoms with E-state index in [0.717, 1.165) is 62.9 Å². The Morgan fingerprint density at radius 1 is 1.05 bits per heavy atom. The molecule has 4 heterocycles. The third-order valence-corrected chi connectivity index (χ3v) is 8.16. The van der Waals surface area contributed by atoms with E-state index in [0.29, 0.717) is 4.53 Å². The summed E-state index contributed by atoms with van der Waals surface area (Å²) in [6.07, 6.45) is 4.91. The average Bonchev–Trinajstić information content (AvgIpc) is 3.68. The lowest BCUT2D eigenvalue weighted by molar-refractivity contribution is 0.254. The lowest BCUT2D eigenvalue weighted by atomic mass is 10.0. The minimum atomic E-state index is -0.453. The Bertz CT molecular complexity index is 2120. The van der Waals surface area contributed by atoms with Crippen molar-refractivity contribution in [2.24, 2.45) is 0 Å². The first-order valence-corrected chi connectivity index (χ1v) is 14.3.